The van der Waals surface area contributed by atoms with Crippen molar-refractivity contribution in [1.82, 2.24) is 10.6 Å². The number of carboxylic acids is 3. The van der Waals surface area contributed by atoms with Crippen LogP contribution in [0.2, 0.25) is 0 Å². The zero-order chi connectivity index (χ0) is 12.9. The van der Waals surface area contributed by atoms with Gasteiger partial charge in [-0.1, -0.05) is 0 Å². The number of hydrogen-bond donors (Lipinski definition) is 5. The second kappa shape index (κ2) is 11.5. The molecule has 0 saturated carbocycles. The molecule has 0 heterocycles. The van der Waals surface area contributed by atoms with Crippen LogP contribution < -0.4 is 10.6 Å². The number of rotatable bonds is 6. The van der Waals surface area contributed by atoms with Crippen molar-refractivity contribution in [2.24, 2.45) is 0 Å². The summed E-state index contributed by atoms with van der Waals surface area (Å²) < 4.78 is 0. The number of amides is 1. The molecular formula is C7H14N4O7Pt. The summed E-state index contributed by atoms with van der Waals surface area (Å²) in [5.41, 5.74) is 0. The minimum absolute atomic E-state index is 0. The van der Waals surface area contributed by atoms with Gasteiger partial charge in [0.05, 0.1) is 0 Å². The van der Waals surface area contributed by atoms with E-state index in [-0.39, 0.29) is 33.4 Å². The number of nitrogens with one attached hydrogen (secondary N) is 2. The summed E-state index contributed by atoms with van der Waals surface area (Å²) in [4.78, 5) is 42.4. The number of nitrogens with two attached hydrogens (primary N) is 2. The predicted octanol–water partition coefficient (Wildman–Crippen LogP) is -1.26. The Morgan fingerprint density at radius 3 is 1.37 bits per heavy atom. The Morgan fingerprint density at radius 2 is 1.16 bits per heavy atom. The first-order valence-corrected chi connectivity index (χ1v) is 3.97. The normalized spacial score (nSPS) is 10.0. The molecule has 19 heavy (non-hydrogen) atoms. The van der Waals surface area contributed by atoms with Crippen LogP contribution in [0.1, 0.15) is 0 Å². The molecule has 0 aromatic carbocycles. The molecule has 0 saturated heterocycles. The monoisotopic (exact) mass is 461 g/mol. The zero-order valence-corrected chi connectivity index (χ0v) is 11.9. The Labute approximate surface area is 122 Å². The van der Waals surface area contributed by atoms with E-state index >= 15 is 0 Å². The minimum Gasteiger partial charge on any atom is -0.693 e. The Bertz CT molecular complexity index is 323. The number of likely N-dealkylation sites (N-methyl/N-ethyl adjacent to an activating group) is 1. The average molecular weight is 461 g/mol. The van der Waals surface area contributed by atoms with Gasteiger partial charge in [0.2, 0.25) is 11.9 Å². The van der Waals surface area contributed by atoms with Gasteiger partial charge in [0.25, 0.3) is 0 Å². The van der Waals surface area contributed by atoms with E-state index in [9.17, 15) is 19.2 Å². The van der Waals surface area contributed by atoms with Crippen molar-refractivity contribution < 1.29 is 55.6 Å². The van der Waals surface area contributed by atoms with Gasteiger partial charge in [-0.3, -0.25) is 10.1 Å². The fourth-order valence-corrected chi connectivity index (χ4v) is 0.821. The molecule has 114 valence electrons. The third-order valence-corrected chi connectivity index (χ3v) is 1.58. The molecule has 1 atom stereocenters. The van der Waals surface area contributed by atoms with Crippen molar-refractivity contribution in [1.29, 1.82) is 0 Å². The van der Waals surface area contributed by atoms with Crippen LogP contribution in [0.3, 0.4) is 0 Å². The van der Waals surface area contributed by atoms with E-state index in [1.807, 2.05) is 0 Å². The molecule has 0 radical (unpaired) electrons. The van der Waals surface area contributed by atoms with Crippen molar-refractivity contribution in [2.75, 3.05) is 7.05 Å². The molecule has 9 N–H and O–H groups in total. The van der Waals surface area contributed by atoms with E-state index in [0.29, 0.717) is 0 Å². The number of carboxylic acid groups (broad SMARTS) is 3. The van der Waals surface area contributed by atoms with Crippen molar-refractivity contribution in [3.8, 4) is 0 Å². The molecule has 0 aliphatic rings. The summed E-state index contributed by atoms with van der Waals surface area (Å²) in [5, 5.41) is 29.0. The van der Waals surface area contributed by atoms with Crippen molar-refractivity contribution in [2.45, 2.75) is 12.1 Å². The summed E-state index contributed by atoms with van der Waals surface area (Å²) in [7, 11) is 1.16. The maximum atomic E-state index is 11.2. The summed E-state index contributed by atoms with van der Waals surface area (Å²) in [6.45, 7) is 0. The predicted molar refractivity (Wildman–Crippen MR) is 58.3 cm³/mol. The van der Waals surface area contributed by atoms with Crippen molar-refractivity contribution in [3.63, 3.8) is 0 Å². The quantitative estimate of drug-likeness (QED) is 0.300. The van der Waals surface area contributed by atoms with Crippen LogP contribution in [0.15, 0.2) is 0 Å². The molecule has 0 spiro atoms. The Balaban J connectivity index is -0.000000375. The van der Waals surface area contributed by atoms with Gasteiger partial charge in [-0.25, -0.2) is 14.4 Å². The van der Waals surface area contributed by atoms with Gasteiger partial charge in [0.1, 0.15) is 0 Å². The Morgan fingerprint density at radius 1 is 0.842 bits per heavy atom. The van der Waals surface area contributed by atoms with E-state index in [1.54, 1.807) is 5.32 Å². The molecule has 0 aliphatic carbocycles. The molecule has 1 unspecified atom stereocenters. The SMILES string of the molecule is CNC(C(=O)O)C(=O)NC(C(=O)O)C(=O)O.[NH2-].[NH2-].[Pt+2]. The van der Waals surface area contributed by atoms with Gasteiger partial charge in [0, 0.05) is 0 Å². The smallest absolute Gasteiger partial charge is 0.693 e. The third-order valence-electron chi connectivity index (χ3n) is 1.58. The molecule has 0 aromatic rings. The van der Waals surface area contributed by atoms with Crippen LogP contribution in [0.5, 0.6) is 0 Å². The molecule has 1 amide bonds. The topological polar surface area (TPSA) is 220 Å². The fourth-order valence-electron chi connectivity index (χ4n) is 0.821. The van der Waals surface area contributed by atoms with Crippen LogP contribution in [0, 0.1) is 0 Å². The van der Waals surface area contributed by atoms with Crippen LogP contribution >= 0.6 is 0 Å². The minimum atomic E-state index is -2.18. The maximum Gasteiger partial charge on any atom is 2.00 e. The van der Waals surface area contributed by atoms with Crippen LogP contribution in [-0.4, -0.2) is 58.3 Å². The third kappa shape index (κ3) is 8.21. The molecule has 11 nitrogen and oxygen atoms in total. The molecule has 12 heteroatoms. The van der Waals surface area contributed by atoms with Crippen LogP contribution in [-0.2, 0) is 40.2 Å². The molecule has 0 aliphatic heterocycles. The Hall–Kier alpha value is -1.55. The molecule has 0 fully saturated rings. The zero-order valence-electron chi connectivity index (χ0n) is 9.60. The van der Waals surface area contributed by atoms with Gasteiger partial charge in [-0.15, -0.1) is 0 Å². The summed E-state index contributed by atoms with van der Waals surface area (Å²) in [6, 6.07) is -3.89. The van der Waals surface area contributed by atoms with Gasteiger partial charge in [0.15, 0.2) is 6.04 Å². The van der Waals surface area contributed by atoms with Crippen molar-refractivity contribution in [3.05, 3.63) is 12.3 Å². The Kier molecular flexibility index (Phi) is 15.8. The number of aliphatic carboxylic acids is 3. The van der Waals surface area contributed by atoms with E-state index in [1.165, 1.54) is 0 Å². The van der Waals surface area contributed by atoms with Gasteiger partial charge >= 0.3 is 39.0 Å². The largest absolute Gasteiger partial charge is 2.00 e. The second-order valence-corrected chi connectivity index (χ2v) is 2.68. The summed E-state index contributed by atoms with van der Waals surface area (Å²) in [6.07, 6.45) is 0. The van der Waals surface area contributed by atoms with E-state index in [2.05, 4.69) is 5.32 Å². The van der Waals surface area contributed by atoms with Gasteiger partial charge < -0.3 is 32.9 Å². The van der Waals surface area contributed by atoms with E-state index in [0.717, 1.165) is 7.05 Å². The van der Waals surface area contributed by atoms with Crippen LogP contribution in [0.25, 0.3) is 12.3 Å². The second-order valence-electron chi connectivity index (χ2n) is 2.68. The van der Waals surface area contributed by atoms with Gasteiger partial charge in [-0.05, 0) is 7.05 Å². The first-order chi connectivity index (χ1) is 7.31. The van der Waals surface area contributed by atoms with Gasteiger partial charge in [-0.2, -0.15) is 0 Å². The molecule has 0 bridgehead atoms. The number of carbonyl (C=O) groups excluding carboxylic acids is 1. The molecular weight excluding hydrogens is 447 g/mol. The first kappa shape index (κ1) is 26.1. The summed E-state index contributed by atoms with van der Waals surface area (Å²) in [5.74, 6) is -6.37. The van der Waals surface area contributed by atoms with Crippen LogP contribution in [0.4, 0.5) is 0 Å². The molecule has 0 aromatic heterocycles. The number of carbonyl (C=O) groups is 4. The average Bonchev–Trinajstić information content (AvgIpc) is 2.13. The van der Waals surface area contributed by atoms with Crippen molar-refractivity contribution >= 4 is 23.8 Å². The first-order valence-electron chi connectivity index (χ1n) is 3.97. The standard InChI is InChI=1S/C7H10N2O7.2H2N.Pt/c1-8-2(5(11)12)4(10)9-3(6(13)14)7(15)16;;;/h2-3,8H,1H3,(H,9,10)(H,11,12)(H,13,14)(H,15,16);2*1H2;/q;2*-1;+2. The molecule has 0 rings (SSSR count). The fraction of sp³-hybridized carbons (Fsp3) is 0.429. The van der Waals surface area contributed by atoms with E-state index in [4.69, 9.17) is 15.3 Å². The maximum absolute atomic E-state index is 11.2. The summed E-state index contributed by atoms with van der Waals surface area (Å²) >= 11 is 0. The number of hydrogen-bond acceptors (Lipinski definition) is 5. The van der Waals surface area contributed by atoms with E-state index < -0.39 is 35.9 Å².